The van der Waals surface area contributed by atoms with E-state index in [4.69, 9.17) is 19.9 Å². The van der Waals surface area contributed by atoms with E-state index in [9.17, 15) is 18.8 Å². The van der Waals surface area contributed by atoms with E-state index in [0.29, 0.717) is 11.1 Å². The molecule has 8 heteroatoms. The Kier molecular flexibility index (Phi) is 6.55. The van der Waals surface area contributed by atoms with Gasteiger partial charge in [0.15, 0.2) is 0 Å². The maximum absolute atomic E-state index is 13.4. The van der Waals surface area contributed by atoms with E-state index >= 15 is 0 Å². The molecule has 1 atom stereocenters. The van der Waals surface area contributed by atoms with Crippen molar-refractivity contribution in [3.8, 4) is 11.8 Å². The fraction of sp³-hybridized carbons (Fsp3) is 0.217. The van der Waals surface area contributed by atoms with Crippen LogP contribution in [0.15, 0.2) is 65.3 Å². The average Bonchev–Trinajstić information content (AvgIpc) is 2.71. The molecular weight excluding hydrogens is 406 g/mol. The Hall–Kier alpha value is -3.86. The van der Waals surface area contributed by atoms with Gasteiger partial charge < -0.3 is 19.9 Å². The van der Waals surface area contributed by atoms with Gasteiger partial charge in [-0.3, -0.25) is 0 Å². The van der Waals surface area contributed by atoms with Crippen LogP contribution in [0, 0.1) is 23.0 Å². The van der Waals surface area contributed by atoms with Crippen LogP contribution in [0.1, 0.15) is 30.9 Å². The maximum Gasteiger partial charge on any atom is 0.338 e. The highest BCUT2D eigenvalue weighted by molar-refractivity contribution is 5.92. The van der Waals surface area contributed by atoms with Crippen LogP contribution >= 0.6 is 0 Å². The van der Waals surface area contributed by atoms with Crippen molar-refractivity contribution in [2.75, 3.05) is 6.61 Å². The van der Waals surface area contributed by atoms with Gasteiger partial charge in [-0.25, -0.2) is 13.6 Å². The molecule has 1 aliphatic rings. The molecule has 160 valence electrons. The normalized spacial score (nSPS) is 15.9. The highest BCUT2D eigenvalue weighted by Gasteiger charge is 2.36. The Morgan fingerprint density at radius 3 is 2.58 bits per heavy atom. The zero-order valence-electron chi connectivity index (χ0n) is 16.9. The number of rotatable bonds is 6. The van der Waals surface area contributed by atoms with Gasteiger partial charge in [-0.1, -0.05) is 24.3 Å². The van der Waals surface area contributed by atoms with Gasteiger partial charge in [0.25, 0.3) is 0 Å². The second kappa shape index (κ2) is 9.30. The van der Waals surface area contributed by atoms with E-state index in [1.807, 2.05) is 6.07 Å². The summed E-state index contributed by atoms with van der Waals surface area (Å²) in [6.45, 7) is 3.42. The number of nitrogens with two attached hydrogens (primary N) is 1. The minimum absolute atomic E-state index is 0.0124. The summed E-state index contributed by atoms with van der Waals surface area (Å²) in [5, 5.41) is 9.64. The lowest BCUT2D eigenvalue weighted by atomic mass is 9.82. The van der Waals surface area contributed by atoms with E-state index < -0.39 is 23.5 Å². The van der Waals surface area contributed by atoms with Gasteiger partial charge in [-0.05, 0) is 25.0 Å². The quantitative estimate of drug-likeness (QED) is 0.696. The van der Waals surface area contributed by atoms with E-state index in [1.165, 1.54) is 0 Å². The van der Waals surface area contributed by atoms with Crippen molar-refractivity contribution in [1.82, 2.24) is 0 Å². The van der Waals surface area contributed by atoms with E-state index in [1.54, 1.807) is 38.1 Å². The van der Waals surface area contributed by atoms with E-state index in [0.717, 1.165) is 18.2 Å². The van der Waals surface area contributed by atoms with Gasteiger partial charge in [0.2, 0.25) is 5.88 Å². The van der Waals surface area contributed by atoms with Crippen LogP contribution in [0.25, 0.3) is 0 Å². The van der Waals surface area contributed by atoms with Crippen LogP contribution in [0.2, 0.25) is 0 Å². The van der Waals surface area contributed by atoms with Gasteiger partial charge in [-0.15, -0.1) is 0 Å². The van der Waals surface area contributed by atoms with Crippen molar-refractivity contribution >= 4 is 5.97 Å². The monoisotopic (exact) mass is 426 g/mol. The third-order valence-corrected chi connectivity index (χ3v) is 4.63. The molecule has 0 bridgehead atoms. The summed E-state index contributed by atoms with van der Waals surface area (Å²) in [6, 6.07) is 11.8. The number of halogens is 2. The summed E-state index contributed by atoms with van der Waals surface area (Å²) in [4.78, 5) is 12.6. The van der Waals surface area contributed by atoms with Crippen molar-refractivity contribution < 1.29 is 27.8 Å². The second-order valence-electron chi connectivity index (χ2n) is 6.75. The molecule has 3 rings (SSSR count). The molecule has 0 aromatic heterocycles. The molecular formula is C23H20F2N2O4. The number of carbonyl (C=O) groups is 1. The highest BCUT2D eigenvalue weighted by atomic mass is 19.1. The number of ether oxygens (including phenoxy) is 3. The van der Waals surface area contributed by atoms with Crippen LogP contribution in [0.5, 0.6) is 5.75 Å². The summed E-state index contributed by atoms with van der Waals surface area (Å²) >= 11 is 0. The molecule has 0 amide bonds. The standard InChI is InChI=1S/C23H20F2N2O4/c1-3-29-23(28)20-13(2)31-22(27)19(11-26)21(20)15-6-4-5-14(7-15)12-30-18-9-16(24)8-17(25)10-18/h4-10,21H,3,12,27H2,1-2H3. The van der Waals surface area contributed by atoms with Crippen LogP contribution in [0.3, 0.4) is 0 Å². The SMILES string of the molecule is CCOC(=O)C1=C(C)OC(N)=C(C#N)C1c1cccc(COc2cc(F)cc(F)c2)c1. The summed E-state index contributed by atoms with van der Waals surface area (Å²) in [6.07, 6.45) is 0. The molecule has 31 heavy (non-hydrogen) atoms. The summed E-state index contributed by atoms with van der Waals surface area (Å²) in [5.74, 6) is -2.69. The van der Waals surface area contributed by atoms with Crippen LogP contribution < -0.4 is 10.5 Å². The second-order valence-corrected chi connectivity index (χ2v) is 6.75. The van der Waals surface area contributed by atoms with E-state index in [-0.39, 0.29) is 41.8 Å². The first kappa shape index (κ1) is 21.8. The molecule has 6 nitrogen and oxygen atoms in total. The lowest BCUT2D eigenvalue weighted by Gasteiger charge is -2.27. The number of nitriles is 1. The third kappa shape index (κ3) is 4.83. The third-order valence-electron chi connectivity index (χ3n) is 4.63. The molecule has 0 spiro atoms. The number of hydrogen-bond acceptors (Lipinski definition) is 6. The Bertz CT molecular complexity index is 1100. The average molecular weight is 426 g/mol. The minimum atomic E-state index is -0.788. The Labute approximate surface area is 178 Å². The molecule has 2 aromatic rings. The molecule has 0 fully saturated rings. The summed E-state index contributed by atoms with van der Waals surface area (Å²) in [5.41, 5.74) is 7.41. The van der Waals surface area contributed by atoms with Crippen molar-refractivity contribution in [2.45, 2.75) is 26.4 Å². The van der Waals surface area contributed by atoms with Gasteiger partial charge in [0.05, 0.1) is 18.1 Å². The predicted molar refractivity (Wildman–Crippen MR) is 107 cm³/mol. The molecule has 1 aliphatic heterocycles. The Morgan fingerprint density at radius 1 is 1.23 bits per heavy atom. The minimum Gasteiger partial charge on any atom is -0.489 e. The molecule has 0 saturated heterocycles. The molecule has 1 heterocycles. The van der Waals surface area contributed by atoms with Gasteiger partial charge in [0, 0.05) is 18.2 Å². The van der Waals surface area contributed by atoms with Crippen molar-refractivity contribution in [1.29, 1.82) is 5.26 Å². The zero-order valence-corrected chi connectivity index (χ0v) is 16.9. The van der Waals surface area contributed by atoms with Crippen molar-refractivity contribution in [3.63, 3.8) is 0 Å². The number of nitrogens with zero attached hydrogens (tertiary/aromatic N) is 1. The van der Waals surface area contributed by atoms with Crippen molar-refractivity contribution in [2.24, 2.45) is 5.73 Å². The predicted octanol–water partition coefficient (Wildman–Crippen LogP) is 4.19. The fourth-order valence-electron chi connectivity index (χ4n) is 3.33. The largest absolute Gasteiger partial charge is 0.489 e. The van der Waals surface area contributed by atoms with Gasteiger partial charge in [-0.2, -0.15) is 5.26 Å². The lowest BCUT2D eigenvalue weighted by Crippen LogP contribution is -2.25. The number of carbonyl (C=O) groups excluding carboxylic acids is 1. The number of benzene rings is 2. The molecule has 2 aromatic carbocycles. The van der Waals surface area contributed by atoms with Crippen LogP contribution in [-0.4, -0.2) is 12.6 Å². The molecule has 2 N–H and O–H groups in total. The first-order valence-corrected chi connectivity index (χ1v) is 9.47. The van der Waals surface area contributed by atoms with Crippen molar-refractivity contribution in [3.05, 3.63) is 88.0 Å². The summed E-state index contributed by atoms with van der Waals surface area (Å²) in [7, 11) is 0. The fourth-order valence-corrected chi connectivity index (χ4v) is 3.33. The van der Waals surface area contributed by atoms with E-state index in [2.05, 4.69) is 0 Å². The smallest absolute Gasteiger partial charge is 0.338 e. The Balaban J connectivity index is 1.94. The Morgan fingerprint density at radius 2 is 1.94 bits per heavy atom. The lowest BCUT2D eigenvalue weighted by molar-refractivity contribution is -0.139. The first-order valence-electron chi connectivity index (χ1n) is 9.47. The first-order chi connectivity index (χ1) is 14.8. The van der Waals surface area contributed by atoms with Gasteiger partial charge in [0.1, 0.15) is 41.4 Å². The van der Waals surface area contributed by atoms with Crippen LogP contribution in [-0.2, 0) is 20.9 Å². The number of allylic oxidation sites excluding steroid dienone is 2. The summed E-state index contributed by atoms with van der Waals surface area (Å²) < 4.78 is 42.8. The molecule has 1 unspecified atom stereocenters. The molecule has 0 aliphatic carbocycles. The zero-order chi connectivity index (χ0) is 22.5. The number of hydrogen-bond donors (Lipinski definition) is 1. The van der Waals surface area contributed by atoms with Gasteiger partial charge >= 0.3 is 5.97 Å². The van der Waals surface area contributed by atoms with Crippen LogP contribution in [0.4, 0.5) is 8.78 Å². The number of esters is 1. The maximum atomic E-state index is 13.4. The molecule has 0 radical (unpaired) electrons. The highest BCUT2D eigenvalue weighted by Crippen LogP contribution is 2.39. The topological polar surface area (TPSA) is 94.6 Å². The molecule has 0 saturated carbocycles.